The van der Waals surface area contributed by atoms with E-state index in [1.807, 2.05) is 4.90 Å². The second-order valence-corrected chi connectivity index (χ2v) is 6.51. The Hall–Kier alpha value is -1.10. The summed E-state index contributed by atoms with van der Waals surface area (Å²) in [4.78, 5) is 25.8. The second-order valence-electron chi connectivity index (χ2n) is 6.51. The Balaban J connectivity index is 1.66. The summed E-state index contributed by atoms with van der Waals surface area (Å²) in [6.45, 7) is 1.74. The van der Waals surface area contributed by atoms with Crippen molar-refractivity contribution in [2.45, 2.75) is 63.8 Å². The summed E-state index contributed by atoms with van der Waals surface area (Å²) in [5.74, 6) is 0.427. The van der Waals surface area contributed by atoms with Gasteiger partial charge in [0.05, 0.1) is 12.6 Å². The van der Waals surface area contributed by atoms with Crippen LogP contribution in [0.5, 0.6) is 0 Å². The van der Waals surface area contributed by atoms with Crippen LogP contribution in [0.4, 0.5) is 0 Å². The Bertz CT molecular complexity index is 347. The number of hydrogen-bond acceptors (Lipinski definition) is 3. The number of carbonyl (C=O) groups is 2. The zero-order valence-electron chi connectivity index (χ0n) is 13.0. The minimum Gasteiger partial charge on any atom is -0.346 e. The molecule has 1 saturated carbocycles. The number of piperidine rings is 1. The van der Waals surface area contributed by atoms with Gasteiger partial charge in [-0.3, -0.25) is 9.59 Å². The van der Waals surface area contributed by atoms with Crippen LogP contribution in [0.1, 0.15) is 57.8 Å². The second kappa shape index (κ2) is 8.37. The molecule has 3 N–H and O–H groups in total. The molecule has 1 aliphatic carbocycles. The normalized spacial score (nSPS) is 21.9. The molecule has 1 saturated heterocycles. The summed E-state index contributed by atoms with van der Waals surface area (Å²) in [7, 11) is 0. The maximum atomic E-state index is 12.0. The van der Waals surface area contributed by atoms with Gasteiger partial charge in [-0.25, -0.2) is 0 Å². The highest BCUT2D eigenvalue weighted by atomic mass is 16.2. The first kappa shape index (κ1) is 16.3. The number of amides is 2. The first-order chi connectivity index (χ1) is 10.2. The largest absolute Gasteiger partial charge is 0.346 e. The van der Waals surface area contributed by atoms with E-state index in [1.165, 1.54) is 38.5 Å². The van der Waals surface area contributed by atoms with Crippen LogP contribution < -0.4 is 11.1 Å². The number of likely N-dealkylation sites (tertiary alicyclic amines) is 1. The highest BCUT2D eigenvalue weighted by Crippen LogP contribution is 2.26. The van der Waals surface area contributed by atoms with Crippen molar-refractivity contribution in [1.82, 2.24) is 10.2 Å². The highest BCUT2D eigenvalue weighted by Gasteiger charge is 2.22. The van der Waals surface area contributed by atoms with E-state index >= 15 is 0 Å². The predicted octanol–water partition coefficient (Wildman–Crippen LogP) is 1.41. The van der Waals surface area contributed by atoms with Gasteiger partial charge in [-0.05, 0) is 31.6 Å². The number of hydrogen-bond donors (Lipinski definition) is 2. The number of nitrogens with zero attached hydrogens (tertiary/aromatic N) is 1. The molecule has 120 valence electrons. The Labute approximate surface area is 127 Å². The molecule has 2 amide bonds. The van der Waals surface area contributed by atoms with E-state index in [0.29, 0.717) is 5.92 Å². The van der Waals surface area contributed by atoms with Gasteiger partial charge in [-0.2, -0.15) is 0 Å². The first-order valence-corrected chi connectivity index (χ1v) is 8.48. The van der Waals surface area contributed by atoms with Crippen LogP contribution >= 0.6 is 0 Å². The lowest BCUT2D eigenvalue weighted by molar-refractivity contribution is -0.133. The molecule has 1 heterocycles. The average molecular weight is 295 g/mol. The molecule has 2 rings (SSSR count). The molecule has 0 aromatic heterocycles. The van der Waals surface area contributed by atoms with Crippen LogP contribution in [0.25, 0.3) is 0 Å². The average Bonchev–Trinajstić information content (AvgIpc) is 2.54. The summed E-state index contributed by atoms with van der Waals surface area (Å²) in [6.07, 6.45) is 10.3. The van der Waals surface area contributed by atoms with Gasteiger partial charge in [-0.1, -0.05) is 32.1 Å². The van der Waals surface area contributed by atoms with Gasteiger partial charge in [0.25, 0.3) is 0 Å². The van der Waals surface area contributed by atoms with Crippen LogP contribution in [-0.4, -0.2) is 42.4 Å². The molecule has 5 nitrogen and oxygen atoms in total. The van der Waals surface area contributed by atoms with E-state index < -0.39 is 6.04 Å². The Kier molecular flexibility index (Phi) is 6.49. The summed E-state index contributed by atoms with van der Waals surface area (Å²) in [6, 6.07) is -0.470. The minimum absolute atomic E-state index is 0.0212. The van der Waals surface area contributed by atoms with Gasteiger partial charge in [0.15, 0.2) is 0 Å². The fraction of sp³-hybridized carbons (Fsp3) is 0.875. The van der Waals surface area contributed by atoms with Gasteiger partial charge in [0, 0.05) is 13.1 Å². The van der Waals surface area contributed by atoms with E-state index in [4.69, 9.17) is 5.73 Å². The van der Waals surface area contributed by atoms with Gasteiger partial charge in [0.2, 0.25) is 11.8 Å². The quantitative estimate of drug-likeness (QED) is 0.805. The summed E-state index contributed by atoms with van der Waals surface area (Å²) in [5, 5.41) is 2.71. The van der Waals surface area contributed by atoms with Gasteiger partial charge in [-0.15, -0.1) is 0 Å². The Morgan fingerprint density at radius 2 is 1.67 bits per heavy atom. The fourth-order valence-electron chi connectivity index (χ4n) is 3.44. The van der Waals surface area contributed by atoms with Crippen LogP contribution in [-0.2, 0) is 9.59 Å². The number of nitrogens with two attached hydrogens (primary N) is 1. The number of rotatable bonds is 5. The smallest absolute Gasteiger partial charge is 0.241 e. The van der Waals surface area contributed by atoms with Crippen molar-refractivity contribution < 1.29 is 9.59 Å². The van der Waals surface area contributed by atoms with E-state index in [2.05, 4.69) is 5.32 Å². The zero-order valence-corrected chi connectivity index (χ0v) is 13.0. The topological polar surface area (TPSA) is 75.4 Å². The van der Waals surface area contributed by atoms with Crippen LogP contribution in [0.3, 0.4) is 0 Å². The van der Waals surface area contributed by atoms with Crippen molar-refractivity contribution in [3.8, 4) is 0 Å². The Morgan fingerprint density at radius 3 is 2.33 bits per heavy atom. The van der Waals surface area contributed by atoms with Crippen LogP contribution in [0.2, 0.25) is 0 Å². The number of nitrogens with one attached hydrogen (secondary N) is 1. The molecule has 0 radical (unpaired) electrons. The minimum atomic E-state index is -0.470. The lowest BCUT2D eigenvalue weighted by Gasteiger charge is -2.27. The SMILES string of the molecule is NC(CC1CCCCC1)C(=O)NCC(=O)N1CCCCC1. The predicted molar refractivity (Wildman–Crippen MR) is 82.6 cm³/mol. The summed E-state index contributed by atoms with van der Waals surface area (Å²) in [5.41, 5.74) is 5.98. The molecule has 1 unspecified atom stereocenters. The van der Waals surface area contributed by atoms with Gasteiger partial charge >= 0.3 is 0 Å². The Morgan fingerprint density at radius 1 is 1.05 bits per heavy atom. The van der Waals surface area contributed by atoms with Crippen molar-refractivity contribution in [3.05, 3.63) is 0 Å². The van der Waals surface area contributed by atoms with E-state index in [0.717, 1.165) is 32.4 Å². The van der Waals surface area contributed by atoms with Crippen molar-refractivity contribution in [3.63, 3.8) is 0 Å². The van der Waals surface area contributed by atoms with E-state index in [1.54, 1.807) is 0 Å². The van der Waals surface area contributed by atoms with Crippen molar-refractivity contribution in [2.24, 2.45) is 11.7 Å². The van der Waals surface area contributed by atoms with Crippen molar-refractivity contribution in [1.29, 1.82) is 0 Å². The molecule has 21 heavy (non-hydrogen) atoms. The zero-order chi connectivity index (χ0) is 15.1. The molecule has 5 heteroatoms. The summed E-state index contributed by atoms with van der Waals surface area (Å²) < 4.78 is 0. The van der Waals surface area contributed by atoms with E-state index in [9.17, 15) is 9.59 Å². The molecular weight excluding hydrogens is 266 g/mol. The number of carbonyl (C=O) groups excluding carboxylic acids is 2. The summed E-state index contributed by atoms with van der Waals surface area (Å²) >= 11 is 0. The van der Waals surface area contributed by atoms with Crippen LogP contribution in [0, 0.1) is 5.92 Å². The standard InChI is InChI=1S/C16H29N3O2/c17-14(11-13-7-3-1-4-8-13)16(21)18-12-15(20)19-9-5-2-6-10-19/h13-14H,1-12,17H2,(H,18,21). The monoisotopic (exact) mass is 295 g/mol. The highest BCUT2D eigenvalue weighted by molar-refractivity contribution is 5.87. The van der Waals surface area contributed by atoms with Crippen molar-refractivity contribution in [2.75, 3.05) is 19.6 Å². The molecular formula is C16H29N3O2. The molecule has 2 aliphatic rings. The fourth-order valence-corrected chi connectivity index (χ4v) is 3.44. The lowest BCUT2D eigenvalue weighted by atomic mass is 9.85. The molecule has 0 aromatic rings. The molecule has 1 aliphatic heterocycles. The molecule has 0 spiro atoms. The van der Waals surface area contributed by atoms with Gasteiger partial charge < -0.3 is 16.0 Å². The first-order valence-electron chi connectivity index (χ1n) is 8.48. The van der Waals surface area contributed by atoms with Crippen LogP contribution in [0.15, 0.2) is 0 Å². The third kappa shape index (κ3) is 5.30. The van der Waals surface area contributed by atoms with Gasteiger partial charge in [0.1, 0.15) is 0 Å². The molecule has 0 aromatic carbocycles. The van der Waals surface area contributed by atoms with Crippen molar-refractivity contribution >= 4 is 11.8 Å². The lowest BCUT2D eigenvalue weighted by Crippen LogP contribution is -2.47. The molecule has 2 fully saturated rings. The molecule has 1 atom stereocenters. The van der Waals surface area contributed by atoms with E-state index in [-0.39, 0.29) is 18.4 Å². The third-order valence-corrected chi connectivity index (χ3v) is 4.77. The third-order valence-electron chi connectivity index (χ3n) is 4.77. The maximum absolute atomic E-state index is 12.0. The molecule has 0 bridgehead atoms. The maximum Gasteiger partial charge on any atom is 0.241 e.